The van der Waals surface area contributed by atoms with E-state index in [2.05, 4.69) is 0 Å². The lowest BCUT2D eigenvalue weighted by molar-refractivity contribution is -0.152. The summed E-state index contributed by atoms with van der Waals surface area (Å²) >= 11 is 7.32. The van der Waals surface area contributed by atoms with Crippen LogP contribution < -0.4 is 4.74 Å². The average molecular weight is 297 g/mol. The van der Waals surface area contributed by atoms with E-state index in [-0.39, 0.29) is 12.6 Å². The first kappa shape index (κ1) is 13.9. The van der Waals surface area contributed by atoms with Crippen LogP contribution in [0, 0.1) is 0 Å². The van der Waals surface area contributed by atoms with Crippen molar-refractivity contribution in [2.24, 2.45) is 0 Å². The topological polar surface area (TPSA) is 35.5 Å². The summed E-state index contributed by atoms with van der Waals surface area (Å²) in [6.45, 7) is 1.94. The number of esters is 1. The molecule has 0 aliphatic heterocycles. The monoisotopic (exact) mass is 296 g/mol. The van der Waals surface area contributed by atoms with Crippen molar-refractivity contribution in [3.8, 4) is 5.75 Å². The van der Waals surface area contributed by atoms with Gasteiger partial charge < -0.3 is 9.47 Å². The summed E-state index contributed by atoms with van der Waals surface area (Å²) in [5, 5.41) is 2.57. The van der Waals surface area contributed by atoms with E-state index >= 15 is 0 Å². The normalized spacial score (nSPS) is 11.9. The number of halogens is 1. The Morgan fingerprint density at radius 2 is 2.05 bits per heavy atom. The van der Waals surface area contributed by atoms with Gasteiger partial charge in [0.1, 0.15) is 12.4 Å². The molecule has 0 saturated carbocycles. The molecule has 1 aromatic heterocycles. The van der Waals surface area contributed by atoms with Gasteiger partial charge in [0.2, 0.25) is 0 Å². The predicted molar refractivity (Wildman–Crippen MR) is 75.7 cm³/mol. The first-order valence-corrected chi connectivity index (χ1v) is 7.02. The van der Waals surface area contributed by atoms with E-state index in [0.717, 1.165) is 4.88 Å². The fourth-order valence-corrected chi connectivity index (χ4v) is 2.16. The lowest BCUT2D eigenvalue weighted by Gasteiger charge is -2.13. The van der Waals surface area contributed by atoms with Gasteiger partial charge in [-0.1, -0.05) is 17.7 Å². The van der Waals surface area contributed by atoms with Crippen LogP contribution in [0.1, 0.15) is 11.8 Å². The molecule has 1 aromatic carbocycles. The summed E-state index contributed by atoms with van der Waals surface area (Å²) in [4.78, 5) is 12.7. The first-order valence-electron chi connectivity index (χ1n) is 5.76. The average Bonchev–Trinajstić information content (AvgIpc) is 2.91. The van der Waals surface area contributed by atoms with Gasteiger partial charge >= 0.3 is 5.97 Å². The number of carbonyl (C=O) groups is 1. The number of thiophene rings is 1. The van der Waals surface area contributed by atoms with Crippen LogP contribution in [0.25, 0.3) is 0 Å². The van der Waals surface area contributed by atoms with Gasteiger partial charge in [-0.15, -0.1) is 11.3 Å². The second kappa shape index (κ2) is 6.59. The highest BCUT2D eigenvalue weighted by atomic mass is 35.5. The SMILES string of the molecule is CC(Oc1ccc(Cl)cc1)C(=O)OCc1cccs1. The Morgan fingerprint density at radius 1 is 1.32 bits per heavy atom. The van der Waals surface area contributed by atoms with E-state index in [4.69, 9.17) is 21.1 Å². The number of rotatable bonds is 5. The quantitative estimate of drug-likeness (QED) is 0.785. The maximum atomic E-state index is 11.7. The van der Waals surface area contributed by atoms with Gasteiger partial charge in [0.15, 0.2) is 6.10 Å². The number of ether oxygens (including phenoxy) is 2. The standard InChI is InChI=1S/C14H13ClO3S/c1-10(18-12-6-4-11(15)5-7-12)14(16)17-9-13-3-2-8-19-13/h2-8,10H,9H2,1H3. The molecular weight excluding hydrogens is 284 g/mol. The summed E-state index contributed by atoms with van der Waals surface area (Å²) in [6.07, 6.45) is -0.652. The molecule has 0 amide bonds. The van der Waals surface area contributed by atoms with Crippen LogP contribution in [0.5, 0.6) is 5.75 Å². The molecule has 3 nitrogen and oxygen atoms in total. The zero-order valence-electron chi connectivity index (χ0n) is 10.3. The van der Waals surface area contributed by atoms with Crippen LogP contribution in [0.4, 0.5) is 0 Å². The van der Waals surface area contributed by atoms with Crippen molar-refractivity contribution in [2.75, 3.05) is 0 Å². The minimum absolute atomic E-state index is 0.283. The maximum Gasteiger partial charge on any atom is 0.347 e. The molecule has 0 bridgehead atoms. The Hall–Kier alpha value is -1.52. The second-order valence-electron chi connectivity index (χ2n) is 3.90. The van der Waals surface area contributed by atoms with Crippen molar-refractivity contribution in [1.29, 1.82) is 0 Å². The van der Waals surface area contributed by atoms with E-state index in [0.29, 0.717) is 10.8 Å². The molecule has 2 aromatic rings. The molecule has 0 saturated heterocycles. The number of hydrogen-bond acceptors (Lipinski definition) is 4. The highest BCUT2D eigenvalue weighted by Crippen LogP contribution is 2.17. The fourth-order valence-electron chi connectivity index (χ4n) is 1.42. The molecule has 0 aliphatic rings. The third kappa shape index (κ3) is 4.26. The molecule has 100 valence electrons. The molecule has 0 aliphatic carbocycles. The third-order valence-corrected chi connectivity index (χ3v) is 3.50. The van der Waals surface area contributed by atoms with Crippen LogP contribution in [-0.2, 0) is 16.1 Å². The largest absolute Gasteiger partial charge is 0.479 e. The maximum absolute atomic E-state index is 11.7. The Bertz CT molecular complexity index is 522. The van der Waals surface area contributed by atoms with E-state index in [9.17, 15) is 4.79 Å². The summed E-state index contributed by atoms with van der Waals surface area (Å²) in [5.41, 5.74) is 0. The zero-order valence-corrected chi connectivity index (χ0v) is 11.9. The molecule has 2 rings (SSSR count). The lowest BCUT2D eigenvalue weighted by Crippen LogP contribution is -2.25. The number of carbonyl (C=O) groups excluding carboxylic acids is 1. The van der Waals surface area contributed by atoms with Gasteiger partial charge in [0, 0.05) is 9.90 Å². The van der Waals surface area contributed by atoms with Crippen molar-refractivity contribution in [3.63, 3.8) is 0 Å². The molecule has 1 heterocycles. The summed E-state index contributed by atoms with van der Waals surface area (Å²) < 4.78 is 10.6. The first-order chi connectivity index (χ1) is 9.15. The van der Waals surface area contributed by atoms with Gasteiger partial charge in [-0.2, -0.15) is 0 Å². The van der Waals surface area contributed by atoms with E-state index in [1.165, 1.54) is 0 Å². The number of hydrogen-bond donors (Lipinski definition) is 0. The van der Waals surface area contributed by atoms with Crippen molar-refractivity contribution in [1.82, 2.24) is 0 Å². The molecule has 0 N–H and O–H groups in total. The fraction of sp³-hybridized carbons (Fsp3) is 0.214. The Morgan fingerprint density at radius 3 is 2.68 bits per heavy atom. The van der Waals surface area contributed by atoms with Crippen molar-refractivity contribution >= 4 is 28.9 Å². The minimum Gasteiger partial charge on any atom is -0.479 e. The molecular formula is C14H13ClO3S. The Balaban J connectivity index is 1.83. The highest BCUT2D eigenvalue weighted by molar-refractivity contribution is 7.09. The summed E-state index contributed by atoms with van der Waals surface area (Å²) in [7, 11) is 0. The molecule has 5 heteroatoms. The summed E-state index contributed by atoms with van der Waals surface area (Å²) in [5.74, 6) is 0.202. The Kier molecular flexibility index (Phi) is 4.82. The second-order valence-corrected chi connectivity index (χ2v) is 5.37. The van der Waals surface area contributed by atoms with Crippen LogP contribution >= 0.6 is 22.9 Å². The van der Waals surface area contributed by atoms with Crippen LogP contribution in [0.3, 0.4) is 0 Å². The summed E-state index contributed by atoms with van der Waals surface area (Å²) in [6, 6.07) is 10.7. The molecule has 1 atom stereocenters. The molecule has 0 radical (unpaired) electrons. The zero-order chi connectivity index (χ0) is 13.7. The highest BCUT2D eigenvalue weighted by Gasteiger charge is 2.16. The van der Waals surface area contributed by atoms with E-state index in [1.54, 1.807) is 42.5 Å². The van der Waals surface area contributed by atoms with Crippen LogP contribution in [0.2, 0.25) is 5.02 Å². The Labute approximate surface area is 120 Å². The van der Waals surface area contributed by atoms with Crippen LogP contribution in [-0.4, -0.2) is 12.1 Å². The van der Waals surface area contributed by atoms with Gasteiger partial charge in [-0.05, 0) is 42.6 Å². The van der Waals surface area contributed by atoms with Crippen molar-refractivity contribution < 1.29 is 14.3 Å². The van der Waals surface area contributed by atoms with E-state index < -0.39 is 6.10 Å². The van der Waals surface area contributed by atoms with Crippen molar-refractivity contribution in [2.45, 2.75) is 19.6 Å². The number of benzene rings is 1. The van der Waals surface area contributed by atoms with Gasteiger partial charge in [0.05, 0.1) is 0 Å². The van der Waals surface area contributed by atoms with Gasteiger partial charge in [0.25, 0.3) is 0 Å². The molecule has 0 spiro atoms. The van der Waals surface area contributed by atoms with E-state index in [1.807, 2.05) is 17.5 Å². The minimum atomic E-state index is -0.652. The van der Waals surface area contributed by atoms with Gasteiger partial charge in [-0.3, -0.25) is 0 Å². The smallest absolute Gasteiger partial charge is 0.347 e. The van der Waals surface area contributed by atoms with Gasteiger partial charge in [-0.25, -0.2) is 4.79 Å². The van der Waals surface area contributed by atoms with Crippen LogP contribution in [0.15, 0.2) is 41.8 Å². The molecule has 1 unspecified atom stereocenters. The lowest BCUT2D eigenvalue weighted by atomic mass is 10.3. The molecule has 0 fully saturated rings. The molecule has 19 heavy (non-hydrogen) atoms. The third-order valence-electron chi connectivity index (χ3n) is 2.40. The van der Waals surface area contributed by atoms with Crippen molar-refractivity contribution in [3.05, 3.63) is 51.7 Å². The predicted octanol–water partition coefficient (Wildman–Crippen LogP) is 3.91.